The van der Waals surface area contributed by atoms with Gasteiger partial charge in [0, 0.05) is 135 Å². The van der Waals surface area contributed by atoms with Crippen LogP contribution in [0.2, 0.25) is 0 Å². The van der Waals surface area contributed by atoms with Crippen LogP contribution in [-0.4, -0.2) is 186 Å². The average molecular weight is 2010 g/mol. The van der Waals surface area contributed by atoms with Gasteiger partial charge in [0.1, 0.15) is 11.5 Å². The lowest BCUT2D eigenvalue weighted by atomic mass is 9.78. The maximum Gasteiger partial charge on any atom is 0.130 e. The van der Waals surface area contributed by atoms with Crippen molar-refractivity contribution >= 4 is 27.3 Å². The Morgan fingerprint density at radius 1 is 0.438 bits per heavy atom. The van der Waals surface area contributed by atoms with E-state index in [1.807, 2.05) is 36.8 Å². The first kappa shape index (κ1) is 115. The third kappa shape index (κ3) is 39.9. The number of ketones is 1. The Bertz CT molecular complexity index is 5300. The number of likely N-dealkylation sites (N-methyl/N-ethyl adjacent to an activating group) is 1. The van der Waals surface area contributed by atoms with Gasteiger partial charge in [-0.2, -0.15) is 0 Å². The van der Waals surface area contributed by atoms with Crippen molar-refractivity contribution in [3.63, 3.8) is 0 Å². The molecule has 4 aromatic heterocycles. The number of carbonyl (C=O) groups excluding carboxylic acids is 1. The molecule has 0 spiro atoms. The van der Waals surface area contributed by atoms with Gasteiger partial charge in [-0.15, -0.1) is 0 Å². The summed E-state index contributed by atoms with van der Waals surface area (Å²) in [4.78, 5) is 43.1. The minimum Gasteiger partial charge on any atom is -0.507 e. The molecule has 7 heterocycles. The van der Waals surface area contributed by atoms with E-state index in [1.54, 1.807) is 18.1 Å². The molecular formula is C128H175BrN10O5. The molecule has 6 aliphatic carbocycles. The Balaban J connectivity index is 0.000000153. The molecule has 0 amide bonds. The molecule has 0 bridgehead atoms. The van der Waals surface area contributed by atoms with E-state index in [0.717, 1.165) is 106 Å². The molecule has 144 heavy (non-hydrogen) atoms. The van der Waals surface area contributed by atoms with E-state index in [-0.39, 0.29) is 10.8 Å². The molecule has 1 N–H and O–H groups in total. The van der Waals surface area contributed by atoms with E-state index < -0.39 is 0 Å². The summed E-state index contributed by atoms with van der Waals surface area (Å²) in [7, 11) is 8.37. The third-order valence-electron chi connectivity index (χ3n) is 28.2. The summed E-state index contributed by atoms with van der Waals surface area (Å²) in [6.45, 7) is 41.2. The number of fused-ring (bicyclic) bond motifs is 6. The van der Waals surface area contributed by atoms with Crippen molar-refractivity contribution in [2.24, 2.45) is 5.92 Å². The van der Waals surface area contributed by atoms with Gasteiger partial charge in [0.2, 0.25) is 0 Å². The number of pyridine rings is 4. The molecule has 0 saturated carbocycles. The fourth-order valence-corrected chi connectivity index (χ4v) is 20.7. The number of halogens is 1. The van der Waals surface area contributed by atoms with Gasteiger partial charge in [0.25, 0.3) is 0 Å². The van der Waals surface area contributed by atoms with Gasteiger partial charge in [0.15, 0.2) is 0 Å². The van der Waals surface area contributed by atoms with Crippen LogP contribution in [0.4, 0.5) is 0 Å². The van der Waals surface area contributed by atoms with Gasteiger partial charge in [-0.05, 0) is 366 Å². The number of benzene rings is 7. The van der Waals surface area contributed by atoms with Crippen LogP contribution < -0.4 is 0 Å². The lowest BCUT2D eigenvalue weighted by Crippen LogP contribution is -2.40. The Morgan fingerprint density at radius 2 is 0.903 bits per heavy atom. The molecule has 15 nitrogen and oxygen atoms in total. The normalized spacial score (nSPS) is 16.6. The van der Waals surface area contributed by atoms with Gasteiger partial charge >= 0.3 is 0 Å². The van der Waals surface area contributed by atoms with Crippen LogP contribution in [-0.2, 0) is 127 Å². The van der Waals surface area contributed by atoms with Crippen molar-refractivity contribution in [3.8, 4) is 5.75 Å². The van der Waals surface area contributed by atoms with E-state index in [1.165, 1.54) is 249 Å². The fraction of sp³-hybridized carbons (Fsp3) is 0.492. The van der Waals surface area contributed by atoms with Crippen LogP contribution >= 0.6 is 15.9 Å². The molecule has 3 aliphatic heterocycles. The van der Waals surface area contributed by atoms with E-state index in [0.29, 0.717) is 62.0 Å². The number of ether oxygens (including phenoxy) is 3. The summed E-state index contributed by atoms with van der Waals surface area (Å²) >= 11 is 3.46. The third-order valence-corrected chi connectivity index (χ3v) is 28.8. The highest BCUT2D eigenvalue weighted by atomic mass is 79.9. The molecule has 7 aromatic carbocycles. The molecule has 774 valence electrons. The Hall–Kier alpha value is -9.53. The lowest BCUT2D eigenvalue weighted by molar-refractivity contribution is -0.117. The quantitative estimate of drug-likeness (QED) is 0.0925. The van der Waals surface area contributed by atoms with E-state index in [2.05, 4.69) is 371 Å². The van der Waals surface area contributed by atoms with E-state index >= 15 is 0 Å². The summed E-state index contributed by atoms with van der Waals surface area (Å²) in [6.07, 6.45) is 38.3. The van der Waals surface area contributed by atoms with Crippen molar-refractivity contribution in [2.45, 2.75) is 292 Å². The van der Waals surface area contributed by atoms with Crippen LogP contribution in [0.3, 0.4) is 0 Å². The van der Waals surface area contributed by atoms with E-state index in [9.17, 15) is 9.90 Å². The monoisotopic (exact) mass is 2010 g/mol. The zero-order chi connectivity index (χ0) is 102. The second-order valence-corrected chi connectivity index (χ2v) is 44.5. The van der Waals surface area contributed by atoms with Crippen LogP contribution in [0.1, 0.15) is 283 Å². The van der Waals surface area contributed by atoms with Crippen molar-refractivity contribution in [1.29, 1.82) is 0 Å². The summed E-state index contributed by atoms with van der Waals surface area (Å²) < 4.78 is 17.6. The summed E-state index contributed by atoms with van der Waals surface area (Å²) in [5, 5.41) is 10.6. The number of rotatable bonds is 17. The number of Topliss-reactive ketones (excluding diaryl/α,β-unsaturated/α-hetero) is 1. The minimum absolute atomic E-state index is 0.0492. The topological polar surface area (TPSA) is 136 Å². The maximum atomic E-state index is 11.0. The molecule has 3 saturated heterocycles. The predicted molar refractivity (Wildman–Crippen MR) is 605 cm³/mol. The molecule has 20 rings (SSSR count). The maximum absolute atomic E-state index is 11.0. The van der Waals surface area contributed by atoms with Gasteiger partial charge in [-0.3, -0.25) is 39.5 Å². The van der Waals surface area contributed by atoms with Crippen molar-refractivity contribution in [1.82, 2.24) is 49.3 Å². The standard InChI is InChI=1S/C17H29NO.C16H17N.C15H23NO3.C14H19NO.C13H20BrN.C13H17N.C12H15N.C10H13N.2C9H11N/c1-16(2,3)13-9-12(11-18(7)8)10-14(15(13)19)17(4,5)6;1-3-8-14(9-4-1)16(17-12-7-13-17)15-10-5-2-6-11-15;1-2-4-15(5-3-1)14-16-6-8-17-10-12-19-13-11-18-9-7-16;1-12(16)9-14-7-8-15(11-14)10-13-5-3-2-4-6-13;1-10(2)15(11(3)4)9-12-5-7-13(14)8-6-12;1-3-7-12-10(5-1)9-11-6-2-4-8-13(11)14-12;1-13(2)9-11-8-7-10-5-3-4-6-12(10)11;1-8-6-7-9-4-2-3-5-10(9)11-8;1-2-6-9-8(4-1)5-3-7-10-9;1-2-4-9-7-10-6-5-8(9)3-1/h9-10,19H,11H2,1-8H3;1-6,8-11,16H,7,12-13H2;1-5H,6-14H2;2-6,14H,7-11H2,1H3;5-8,10-11H,9H2,1-4H3;9H,1-8H2;3-6,8H,7,9H2,1-2H3;6-7H,2-5H2,1H3;3,5,7H,1-2,4,6H2;5-7H,1-4H2. The number of hydrogen-bond donors (Lipinski definition) is 1. The second-order valence-electron chi connectivity index (χ2n) is 43.6. The number of hydrogen-bond acceptors (Lipinski definition) is 15. The highest BCUT2D eigenvalue weighted by Gasteiger charge is 2.30. The largest absolute Gasteiger partial charge is 0.507 e. The first-order valence-electron chi connectivity index (χ1n) is 54.4. The summed E-state index contributed by atoms with van der Waals surface area (Å²) in [5.41, 5.74) is 30.2. The number of aromatic nitrogens is 4. The second kappa shape index (κ2) is 61.3. The highest BCUT2D eigenvalue weighted by Crippen LogP contribution is 2.41. The van der Waals surface area contributed by atoms with Crippen LogP contribution in [0.5, 0.6) is 5.75 Å². The average Bonchev–Trinajstić information content (AvgIpc) is 0.889. The highest BCUT2D eigenvalue weighted by molar-refractivity contribution is 9.10. The van der Waals surface area contributed by atoms with Crippen molar-refractivity contribution in [2.75, 3.05) is 114 Å². The molecule has 0 radical (unpaired) electrons. The fourth-order valence-electron chi connectivity index (χ4n) is 20.4. The molecule has 9 aliphatic rings. The number of phenolic OH excluding ortho intramolecular Hbond substituents is 1. The summed E-state index contributed by atoms with van der Waals surface area (Å²) in [6, 6.07) is 79.0. The number of allylic oxidation sites excluding steroid dienone is 1. The molecule has 11 aromatic rings. The minimum atomic E-state index is -0.0492. The Morgan fingerprint density at radius 3 is 1.40 bits per heavy atom. The molecule has 3 fully saturated rings. The number of aromatic hydroxyl groups is 1. The van der Waals surface area contributed by atoms with Crippen LogP contribution in [0, 0.1) is 12.8 Å². The number of phenols is 1. The number of carbonyl (C=O) groups is 1. The zero-order valence-corrected chi connectivity index (χ0v) is 92.4. The molecule has 1 unspecified atom stereocenters. The molecule has 1 atom stereocenters. The smallest absolute Gasteiger partial charge is 0.130 e. The van der Waals surface area contributed by atoms with Crippen LogP contribution in [0.15, 0.2) is 248 Å². The Kier molecular flexibility index (Phi) is 48.9. The van der Waals surface area contributed by atoms with Crippen LogP contribution in [0.25, 0.3) is 5.57 Å². The number of nitrogens with zero attached hydrogens (tertiary/aromatic N) is 10. The lowest BCUT2D eigenvalue weighted by Gasteiger charge is -2.39. The predicted octanol–water partition coefficient (Wildman–Crippen LogP) is 26.9. The van der Waals surface area contributed by atoms with Crippen molar-refractivity contribution < 1.29 is 24.1 Å². The van der Waals surface area contributed by atoms with E-state index in [4.69, 9.17) is 19.2 Å². The van der Waals surface area contributed by atoms with Gasteiger partial charge in [0.05, 0.1) is 45.7 Å². The number of likely N-dealkylation sites (tertiary alicyclic amines) is 2. The number of aryl methyl sites for hydroxylation is 11. The van der Waals surface area contributed by atoms with Gasteiger partial charge in [-0.1, -0.05) is 252 Å². The SMILES string of the molecule is CC(=O)CC1CCN(Cc2ccccc2)C1.CC(C)N(Cc1ccc(Br)cc1)C(C)C.CN(C)CC1=CCc2ccccc21.CN(C)Cc1cc(C(C)(C)C)c(O)c(C(C)(C)C)c1.Cc1ccc2c(n1)CCCC2.c1c2c(nc3c1CCCC3)CCCC2.c1cc2c(cn1)CCCC2.c1ccc(C(c2ccccc2)N2CCC2)cc1.c1ccc(CN2CCOCCOCCOCC2)cc1.c1cnc2c(c1)CCCC2. The van der Waals surface area contributed by atoms with Gasteiger partial charge < -0.3 is 33.9 Å². The molecular weight excluding hydrogens is 1840 g/mol. The van der Waals surface area contributed by atoms with Gasteiger partial charge in [-0.25, -0.2) is 0 Å². The first-order chi connectivity index (χ1) is 69.6. The summed E-state index contributed by atoms with van der Waals surface area (Å²) in [5.74, 6) is 1.37. The zero-order valence-electron chi connectivity index (χ0n) is 90.8. The first-order valence-corrected chi connectivity index (χ1v) is 55.2. The van der Waals surface area contributed by atoms with Crippen molar-refractivity contribution in [3.05, 3.63) is 365 Å². The molecule has 16 heteroatoms. The Labute approximate surface area is 877 Å².